The van der Waals surface area contributed by atoms with E-state index in [2.05, 4.69) is 9.88 Å². The molecule has 0 atom stereocenters. The van der Waals surface area contributed by atoms with Gasteiger partial charge < -0.3 is 14.7 Å². The van der Waals surface area contributed by atoms with Crippen LogP contribution in [0.3, 0.4) is 0 Å². The fourth-order valence-electron chi connectivity index (χ4n) is 5.79. The molecule has 1 amide bonds. The Hall–Kier alpha value is -4.68. The van der Waals surface area contributed by atoms with Crippen LogP contribution in [0.2, 0.25) is 0 Å². The number of carbonyl (C=O) groups excluding carboxylic acids is 1. The van der Waals surface area contributed by atoms with Crippen molar-refractivity contribution in [2.75, 3.05) is 52.2 Å². The summed E-state index contributed by atoms with van der Waals surface area (Å²) in [5, 5.41) is 0.432. The molecular formula is C35H34F3N5O3S. The number of aromatic nitrogens is 2. The first-order chi connectivity index (χ1) is 22.2. The highest BCUT2D eigenvalue weighted by Gasteiger charge is 2.36. The van der Waals surface area contributed by atoms with Crippen LogP contribution in [-0.2, 0) is 16.2 Å². The predicted octanol–water partition coefficient (Wildman–Crippen LogP) is 6.39. The Bertz CT molecular complexity index is 2070. The van der Waals surface area contributed by atoms with Crippen LogP contribution in [0, 0.1) is 6.92 Å². The van der Waals surface area contributed by atoms with Crippen molar-refractivity contribution in [3.8, 4) is 22.3 Å². The quantitative estimate of drug-likeness (QED) is 0.210. The van der Waals surface area contributed by atoms with Gasteiger partial charge in [-0.1, -0.05) is 35.9 Å². The molecule has 1 aliphatic heterocycles. The Balaban J connectivity index is 1.50. The predicted molar refractivity (Wildman–Crippen MR) is 177 cm³/mol. The number of piperazine rings is 1. The molecule has 0 saturated carbocycles. The first-order valence-corrected chi connectivity index (χ1v) is 16.5. The van der Waals surface area contributed by atoms with Gasteiger partial charge in [-0.15, -0.1) is 0 Å². The van der Waals surface area contributed by atoms with Crippen LogP contribution in [0.1, 0.15) is 21.5 Å². The number of alkyl halides is 3. The lowest BCUT2D eigenvalue weighted by atomic mass is 9.99. The van der Waals surface area contributed by atoms with E-state index in [1.165, 1.54) is 35.5 Å². The summed E-state index contributed by atoms with van der Waals surface area (Å²) in [5.74, 6) is -0.189. The molecule has 1 aliphatic rings. The lowest BCUT2D eigenvalue weighted by molar-refractivity contribution is -0.137. The smallest absolute Gasteiger partial charge is 0.368 e. The second kappa shape index (κ2) is 12.2. The van der Waals surface area contributed by atoms with Crippen molar-refractivity contribution in [3.05, 3.63) is 102 Å². The van der Waals surface area contributed by atoms with Crippen molar-refractivity contribution in [3.63, 3.8) is 0 Å². The van der Waals surface area contributed by atoms with E-state index in [0.29, 0.717) is 59.4 Å². The average Bonchev–Trinajstić information content (AvgIpc) is 3.44. The zero-order chi connectivity index (χ0) is 33.7. The summed E-state index contributed by atoms with van der Waals surface area (Å²) in [4.78, 5) is 22.4. The van der Waals surface area contributed by atoms with E-state index < -0.39 is 21.8 Å². The van der Waals surface area contributed by atoms with Gasteiger partial charge in [-0.25, -0.2) is 17.4 Å². The fourth-order valence-corrected chi connectivity index (χ4v) is 7.12. The third-order valence-corrected chi connectivity index (χ3v) is 10.2. The minimum Gasteiger partial charge on any atom is -0.368 e. The van der Waals surface area contributed by atoms with Crippen LogP contribution in [0.5, 0.6) is 0 Å². The number of aryl methyl sites for hydroxylation is 1. The number of nitrogens with zero attached hydrogens (tertiary/aromatic N) is 5. The van der Waals surface area contributed by atoms with E-state index in [1.54, 1.807) is 67.5 Å². The van der Waals surface area contributed by atoms with Crippen LogP contribution in [0.15, 0.2) is 90.1 Å². The molecule has 3 aromatic carbocycles. The van der Waals surface area contributed by atoms with E-state index >= 15 is 0 Å². The summed E-state index contributed by atoms with van der Waals surface area (Å²) in [5.41, 5.74) is 2.69. The highest BCUT2D eigenvalue weighted by Crippen LogP contribution is 2.41. The molecule has 0 N–H and O–H groups in total. The van der Waals surface area contributed by atoms with Crippen molar-refractivity contribution in [1.82, 2.24) is 18.8 Å². The summed E-state index contributed by atoms with van der Waals surface area (Å²) in [6.45, 7) is 4.15. The molecule has 0 spiro atoms. The second-order valence-electron chi connectivity index (χ2n) is 12.0. The molecular weight excluding hydrogens is 627 g/mol. The topological polar surface area (TPSA) is 78.8 Å². The molecule has 0 radical (unpaired) electrons. The van der Waals surface area contributed by atoms with Crippen LogP contribution in [0.4, 0.5) is 18.9 Å². The summed E-state index contributed by atoms with van der Waals surface area (Å²) >= 11 is 0. The van der Waals surface area contributed by atoms with Gasteiger partial charge in [0, 0.05) is 80.4 Å². The normalized spacial score (nSPS) is 14.5. The maximum atomic E-state index is 14.4. The molecule has 2 aromatic heterocycles. The molecule has 5 aromatic rings. The average molecular weight is 662 g/mol. The number of halogens is 3. The van der Waals surface area contributed by atoms with Crippen molar-refractivity contribution in [1.29, 1.82) is 0 Å². The molecule has 0 bridgehead atoms. The Morgan fingerprint density at radius 1 is 0.851 bits per heavy atom. The van der Waals surface area contributed by atoms with Gasteiger partial charge in [-0.2, -0.15) is 13.2 Å². The van der Waals surface area contributed by atoms with Gasteiger partial charge in [-0.3, -0.25) is 4.79 Å². The van der Waals surface area contributed by atoms with Crippen LogP contribution >= 0.6 is 0 Å². The van der Waals surface area contributed by atoms with E-state index in [9.17, 15) is 26.4 Å². The van der Waals surface area contributed by atoms with Crippen LogP contribution in [0.25, 0.3) is 33.3 Å². The van der Waals surface area contributed by atoms with Crippen molar-refractivity contribution < 1.29 is 26.4 Å². The number of hydrogen-bond acceptors (Lipinski definition) is 6. The largest absolute Gasteiger partial charge is 0.418 e. The Morgan fingerprint density at radius 3 is 2.11 bits per heavy atom. The molecule has 3 heterocycles. The van der Waals surface area contributed by atoms with Gasteiger partial charge in [0.1, 0.15) is 0 Å². The number of hydrogen-bond donors (Lipinski definition) is 0. The molecule has 47 heavy (non-hydrogen) atoms. The molecule has 6 rings (SSSR count). The minimum atomic E-state index is -4.59. The Kier molecular flexibility index (Phi) is 8.35. The summed E-state index contributed by atoms with van der Waals surface area (Å²) < 4.78 is 72.1. The first kappa shape index (κ1) is 32.3. The fraction of sp³-hybridized carbons (Fsp3) is 0.257. The SMILES string of the molecule is Cc1ccc(S(=O)(=O)n2cc(-c3ccc(C(=O)N(C)C)cc3)c3cc(-c4ccc(N5CCN(C)CC5)c(C(F)(F)F)c4)cnc32)cc1. The standard InChI is InChI=1S/C35H34F3N5O3S/c1-23-5-12-28(13-6-23)47(45,46)43-22-30(24-7-9-25(10-8-24)34(44)40(2)3)29-19-27(21-39-33(29)43)26-11-14-32(31(20-26)35(36,37)38)42-17-15-41(4)16-18-42/h5-14,19-22H,15-18H2,1-4H3. The summed E-state index contributed by atoms with van der Waals surface area (Å²) in [7, 11) is 1.15. The van der Waals surface area contributed by atoms with Gasteiger partial charge >= 0.3 is 6.18 Å². The van der Waals surface area contributed by atoms with Crippen molar-refractivity contribution >= 4 is 32.7 Å². The summed E-state index contributed by atoms with van der Waals surface area (Å²) in [6.07, 6.45) is -1.72. The maximum absolute atomic E-state index is 14.4. The maximum Gasteiger partial charge on any atom is 0.418 e. The lowest BCUT2D eigenvalue weighted by Gasteiger charge is -2.35. The molecule has 8 nitrogen and oxygen atoms in total. The van der Waals surface area contributed by atoms with Crippen molar-refractivity contribution in [2.24, 2.45) is 0 Å². The van der Waals surface area contributed by atoms with Gasteiger partial charge in [0.15, 0.2) is 5.65 Å². The number of pyridine rings is 1. The zero-order valence-electron chi connectivity index (χ0n) is 26.4. The van der Waals surface area contributed by atoms with E-state index in [-0.39, 0.29) is 22.1 Å². The number of fused-ring (bicyclic) bond motifs is 1. The minimum absolute atomic E-state index is 0.0682. The summed E-state index contributed by atoms with van der Waals surface area (Å²) in [6, 6.07) is 19.1. The van der Waals surface area contributed by atoms with Gasteiger partial charge in [-0.05, 0) is 67.6 Å². The van der Waals surface area contributed by atoms with E-state index in [0.717, 1.165) is 15.6 Å². The van der Waals surface area contributed by atoms with E-state index in [1.807, 2.05) is 14.0 Å². The Morgan fingerprint density at radius 2 is 1.49 bits per heavy atom. The number of amides is 1. The second-order valence-corrected chi connectivity index (χ2v) is 13.9. The zero-order valence-corrected chi connectivity index (χ0v) is 27.2. The first-order valence-electron chi connectivity index (χ1n) is 15.0. The third-order valence-electron chi connectivity index (χ3n) is 8.52. The van der Waals surface area contributed by atoms with Crippen LogP contribution < -0.4 is 4.90 Å². The number of benzene rings is 3. The molecule has 244 valence electrons. The van der Waals surface area contributed by atoms with Crippen molar-refractivity contribution in [2.45, 2.75) is 18.0 Å². The molecule has 0 unspecified atom stereocenters. The molecule has 1 fully saturated rings. The highest BCUT2D eigenvalue weighted by atomic mass is 32.2. The van der Waals surface area contributed by atoms with Gasteiger partial charge in [0.2, 0.25) is 0 Å². The van der Waals surface area contributed by atoms with E-state index in [4.69, 9.17) is 0 Å². The molecule has 0 aliphatic carbocycles. The number of rotatable bonds is 6. The number of anilines is 1. The monoisotopic (exact) mass is 661 g/mol. The number of likely N-dealkylation sites (N-methyl/N-ethyl adjacent to an activating group) is 1. The lowest BCUT2D eigenvalue weighted by Crippen LogP contribution is -2.45. The Labute approximate surface area is 271 Å². The molecule has 1 saturated heterocycles. The van der Waals surface area contributed by atoms with Gasteiger partial charge in [0.05, 0.1) is 10.5 Å². The number of carbonyl (C=O) groups is 1. The molecule has 12 heteroatoms. The van der Waals surface area contributed by atoms with Crippen LogP contribution in [-0.4, -0.2) is 80.4 Å². The highest BCUT2D eigenvalue weighted by molar-refractivity contribution is 7.90. The van der Waals surface area contributed by atoms with Gasteiger partial charge in [0.25, 0.3) is 15.9 Å². The third kappa shape index (κ3) is 6.22.